The second-order valence-corrected chi connectivity index (χ2v) is 13.8. The lowest BCUT2D eigenvalue weighted by atomic mass is 9.75. The highest BCUT2D eigenvalue weighted by Crippen LogP contribution is 2.42. The van der Waals surface area contributed by atoms with Crippen LogP contribution < -0.4 is 10.6 Å². The van der Waals surface area contributed by atoms with E-state index >= 15 is 0 Å². The molecule has 14 heteroatoms. The molecule has 3 heterocycles. The lowest BCUT2D eigenvalue weighted by molar-refractivity contribution is -0.142. The van der Waals surface area contributed by atoms with Crippen molar-refractivity contribution in [3.63, 3.8) is 0 Å². The lowest BCUT2D eigenvalue weighted by Gasteiger charge is -2.37. The van der Waals surface area contributed by atoms with Crippen molar-refractivity contribution in [3.05, 3.63) is 30.0 Å². The Labute approximate surface area is 276 Å². The monoisotopic (exact) mass is 676 g/mol. The largest absolute Gasteiger partial charge is 0.465 e. The molecule has 11 nitrogen and oxygen atoms in total. The van der Waals surface area contributed by atoms with Crippen LogP contribution in [0.3, 0.4) is 0 Å². The first-order chi connectivity index (χ1) is 23.1. The third kappa shape index (κ3) is 6.23. The van der Waals surface area contributed by atoms with Crippen molar-refractivity contribution < 1.29 is 46.9 Å². The van der Waals surface area contributed by atoms with Gasteiger partial charge in [0.25, 0.3) is 0 Å². The predicted molar refractivity (Wildman–Crippen MR) is 169 cm³/mol. The number of carboxylic acid groups (broad SMARTS) is 1. The number of alkyl halides is 3. The van der Waals surface area contributed by atoms with E-state index in [0.29, 0.717) is 55.2 Å². The maximum atomic E-state index is 14.2. The normalized spacial score (nSPS) is 28.9. The molecule has 1 aromatic carbocycles. The quantitative estimate of drug-likeness (QED) is 0.295. The summed E-state index contributed by atoms with van der Waals surface area (Å²) in [5, 5.41) is 14.8. The highest BCUT2D eigenvalue weighted by atomic mass is 19.1. The topological polar surface area (TPSA) is 139 Å². The van der Waals surface area contributed by atoms with E-state index in [4.69, 9.17) is 14.6 Å². The number of halogens is 3. The Balaban J connectivity index is 1.21. The van der Waals surface area contributed by atoms with Crippen LogP contribution in [-0.2, 0) is 24.8 Å². The number of aromatic nitrogens is 1. The van der Waals surface area contributed by atoms with E-state index in [2.05, 4.69) is 10.6 Å². The Morgan fingerprint density at radius 1 is 1.02 bits per heavy atom. The first-order valence-corrected chi connectivity index (χ1v) is 16.8. The van der Waals surface area contributed by atoms with Gasteiger partial charge in [0.1, 0.15) is 18.4 Å². The number of anilines is 1. The van der Waals surface area contributed by atoms with Crippen molar-refractivity contribution in [1.29, 1.82) is 0 Å². The number of amides is 3. The summed E-state index contributed by atoms with van der Waals surface area (Å²) in [7, 11) is 1.70. The Morgan fingerprint density at radius 3 is 2.35 bits per heavy atom. The van der Waals surface area contributed by atoms with Gasteiger partial charge in [0, 0.05) is 30.6 Å². The van der Waals surface area contributed by atoms with Crippen LogP contribution in [0, 0.1) is 23.7 Å². The third-order valence-corrected chi connectivity index (χ3v) is 11.2. The van der Waals surface area contributed by atoms with Crippen LogP contribution in [0.4, 0.5) is 23.7 Å². The standard InChI is InChI=1S/C34H43F3N4O7/c1-47-24-9-6-19(7-10-24)25-12-13-40(31(43)21-4-2-20(3-5-21)26(16-35)39-33(45)46)29(25)30(42)38-23-8-11-27-22(14-23)15-28-32(44)48-34(17-36,18-37)41(27)28/h8,11,14-15,19-21,24-26,29,39H,2-7,9-10,12-13,16-18H2,1H3,(H,38,42)(H,45,46)/t19?,20?,21?,24?,25-,26+,29-/m0/s1. The van der Waals surface area contributed by atoms with Crippen molar-refractivity contribution in [1.82, 2.24) is 14.8 Å². The van der Waals surface area contributed by atoms with Crippen LogP contribution in [0.25, 0.3) is 10.9 Å². The fourth-order valence-corrected chi connectivity index (χ4v) is 8.67. The van der Waals surface area contributed by atoms with Crippen LogP contribution >= 0.6 is 0 Å². The van der Waals surface area contributed by atoms with Gasteiger partial charge in [-0.25, -0.2) is 22.8 Å². The van der Waals surface area contributed by atoms with Crippen molar-refractivity contribution in [2.24, 2.45) is 23.7 Å². The number of nitrogens with zero attached hydrogens (tertiary/aromatic N) is 2. The van der Waals surface area contributed by atoms with Crippen LogP contribution in [0.15, 0.2) is 24.3 Å². The Morgan fingerprint density at radius 2 is 1.73 bits per heavy atom. The number of nitrogens with one attached hydrogen (secondary N) is 2. The zero-order valence-electron chi connectivity index (χ0n) is 27.0. The first kappa shape index (κ1) is 34.1. The molecule has 2 aromatic rings. The van der Waals surface area contributed by atoms with Crippen LogP contribution in [0.5, 0.6) is 0 Å². The minimum atomic E-state index is -2.06. The average molecular weight is 677 g/mol. The van der Waals surface area contributed by atoms with Crippen molar-refractivity contribution >= 4 is 40.5 Å². The number of ether oxygens (including phenoxy) is 2. The minimum absolute atomic E-state index is 0.0226. The zero-order chi connectivity index (χ0) is 34.2. The van der Waals surface area contributed by atoms with Gasteiger partial charge in [-0.15, -0.1) is 0 Å². The molecule has 48 heavy (non-hydrogen) atoms. The molecular weight excluding hydrogens is 633 g/mol. The predicted octanol–water partition coefficient (Wildman–Crippen LogP) is 5.18. The molecule has 3 atom stereocenters. The second kappa shape index (κ2) is 14.0. The molecule has 1 aromatic heterocycles. The molecule has 3 amide bonds. The van der Waals surface area contributed by atoms with E-state index in [1.807, 2.05) is 0 Å². The number of likely N-dealkylation sites (tertiary alicyclic amines) is 1. The van der Waals surface area contributed by atoms with E-state index < -0.39 is 49.9 Å². The van der Waals surface area contributed by atoms with Gasteiger partial charge in [-0.05, 0) is 99.8 Å². The molecule has 0 unspecified atom stereocenters. The number of rotatable bonds is 10. The van der Waals surface area contributed by atoms with Crippen LogP contribution in [-0.4, -0.2) is 90.3 Å². The van der Waals surface area contributed by atoms with Crippen molar-refractivity contribution in [3.8, 4) is 0 Å². The van der Waals surface area contributed by atoms with Gasteiger partial charge in [-0.1, -0.05) is 0 Å². The third-order valence-electron chi connectivity index (χ3n) is 11.2. The number of hydrogen-bond acceptors (Lipinski definition) is 6. The fourth-order valence-electron chi connectivity index (χ4n) is 8.67. The highest BCUT2D eigenvalue weighted by Gasteiger charge is 2.49. The van der Waals surface area contributed by atoms with E-state index in [1.54, 1.807) is 30.2 Å². The molecule has 262 valence electrons. The molecule has 3 N–H and O–H groups in total. The summed E-state index contributed by atoms with van der Waals surface area (Å²) in [6.07, 6.45) is 5.05. The summed E-state index contributed by atoms with van der Waals surface area (Å²) in [6.45, 7) is -2.85. The summed E-state index contributed by atoms with van der Waals surface area (Å²) in [5.41, 5.74) is -1.23. The number of methoxy groups -OCH3 is 1. The summed E-state index contributed by atoms with van der Waals surface area (Å²) >= 11 is 0. The first-order valence-electron chi connectivity index (χ1n) is 16.8. The van der Waals surface area contributed by atoms with Gasteiger partial charge in [-0.2, -0.15) is 0 Å². The number of cyclic esters (lactones) is 1. The molecule has 1 saturated heterocycles. The van der Waals surface area contributed by atoms with E-state index in [0.717, 1.165) is 25.7 Å². The van der Waals surface area contributed by atoms with Crippen molar-refractivity contribution in [2.75, 3.05) is 39.0 Å². The molecule has 6 rings (SSSR count). The molecule has 2 aliphatic carbocycles. The molecule has 3 fully saturated rings. The molecule has 2 saturated carbocycles. The number of carbonyl (C=O) groups excluding carboxylic acids is 3. The number of fused-ring (bicyclic) bond motifs is 3. The maximum absolute atomic E-state index is 14.2. The van der Waals surface area contributed by atoms with Crippen LogP contribution in [0.2, 0.25) is 0 Å². The second-order valence-electron chi connectivity index (χ2n) is 13.8. The fraction of sp³-hybridized carbons (Fsp3) is 0.647. The van der Waals surface area contributed by atoms with E-state index in [-0.39, 0.29) is 47.3 Å². The summed E-state index contributed by atoms with van der Waals surface area (Å²) in [5.74, 6) is -1.67. The van der Waals surface area contributed by atoms with Gasteiger partial charge in [0.05, 0.1) is 17.7 Å². The number of hydrogen-bond donors (Lipinski definition) is 3. The van der Waals surface area contributed by atoms with Gasteiger partial charge < -0.3 is 30.1 Å². The van der Waals surface area contributed by atoms with E-state index in [1.165, 1.54) is 10.6 Å². The molecular formula is C34H43F3N4O7. The molecule has 2 aliphatic heterocycles. The van der Waals surface area contributed by atoms with Gasteiger partial charge >= 0.3 is 12.1 Å². The molecule has 0 bridgehead atoms. The Bertz CT molecular complexity index is 1530. The maximum Gasteiger partial charge on any atom is 0.404 e. The lowest BCUT2D eigenvalue weighted by Crippen LogP contribution is -2.50. The smallest absolute Gasteiger partial charge is 0.404 e. The highest BCUT2D eigenvalue weighted by molar-refractivity contribution is 6.02. The summed E-state index contributed by atoms with van der Waals surface area (Å²) < 4.78 is 53.3. The SMILES string of the molecule is COC1CCC([C@@H]2CCN(C(=O)C3CCC([C@@H](CF)NC(=O)O)CC3)[C@@H]2C(=O)Nc2ccc3c(c2)cc2n3C(CF)(CF)OC2=O)CC1. The molecule has 0 spiro atoms. The minimum Gasteiger partial charge on any atom is -0.465 e. The number of carbonyl (C=O) groups is 4. The number of esters is 1. The molecule has 0 radical (unpaired) electrons. The average Bonchev–Trinajstić information content (AvgIpc) is 3.79. The van der Waals surface area contributed by atoms with Gasteiger partial charge in [0.15, 0.2) is 13.3 Å². The Hall–Kier alpha value is -3.81. The van der Waals surface area contributed by atoms with Crippen LogP contribution in [0.1, 0.15) is 68.3 Å². The Kier molecular flexibility index (Phi) is 9.91. The van der Waals surface area contributed by atoms with Crippen molar-refractivity contribution in [2.45, 2.75) is 81.7 Å². The molecule has 4 aliphatic rings. The summed E-state index contributed by atoms with van der Waals surface area (Å²) in [6, 6.07) is 4.78. The summed E-state index contributed by atoms with van der Waals surface area (Å²) in [4.78, 5) is 53.5. The van der Waals surface area contributed by atoms with Gasteiger partial charge in [-0.3, -0.25) is 14.2 Å². The van der Waals surface area contributed by atoms with E-state index in [9.17, 15) is 32.3 Å². The zero-order valence-corrected chi connectivity index (χ0v) is 27.0. The number of benzene rings is 1. The van der Waals surface area contributed by atoms with Gasteiger partial charge in [0.2, 0.25) is 17.5 Å².